The molecule has 4 rings (SSSR count). The third-order valence-electron chi connectivity index (χ3n) is 6.40. The van der Waals surface area contributed by atoms with E-state index in [1.807, 2.05) is 55.5 Å². The quantitative estimate of drug-likeness (QED) is 0.499. The van der Waals surface area contributed by atoms with Crippen LogP contribution < -0.4 is 10.1 Å². The Morgan fingerprint density at radius 3 is 2.33 bits per heavy atom. The van der Waals surface area contributed by atoms with E-state index in [0.717, 1.165) is 11.1 Å². The molecule has 0 radical (unpaired) electrons. The Hall–Kier alpha value is -3.93. The molecule has 5 nitrogen and oxygen atoms in total. The maximum Gasteiger partial charge on any atom is 0.258 e. The van der Waals surface area contributed by atoms with Gasteiger partial charge in [-0.05, 0) is 48.7 Å². The van der Waals surface area contributed by atoms with Gasteiger partial charge in [0.2, 0.25) is 5.91 Å². The predicted molar refractivity (Wildman–Crippen MR) is 138 cm³/mol. The first kappa shape index (κ1) is 25.2. The van der Waals surface area contributed by atoms with Crippen molar-refractivity contribution in [2.24, 2.45) is 0 Å². The van der Waals surface area contributed by atoms with Gasteiger partial charge in [0.15, 0.2) is 0 Å². The Morgan fingerprint density at radius 1 is 0.917 bits per heavy atom. The van der Waals surface area contributed by atoms with Crippen LogP contribution in [0.15, 0.2) is 91.0 Å². The average Bonchev–Trinajstić information content (AvgIpc) is 2.89. The highest BCUT2D eigenvalue weighted by atomic mass is 19.1. The fourth-order valence-electron chi connectivity index (χ4n) is 4.35. The number of halogens is 1. The Labute approximate surface area is 211 Å². The number of benzene rings is 3. The van der Waals surface area contributed by atoms with Crippen LogP contribution in [0, 0.1) is 5.82 Å². The van der Waals surface area contributed by atoms with Crippen LogP contribution in [-0.4, -0.2) is 35.9 Å². The number of para-hydroxylation sites is 1. The number of likely N-dealkylation sites (N-methyl/N-ethyl adjacent to an activating group) is 1. The predicted octanol–water partition coefficient (Wildman–Crippen LogP) is 5.48. The second-order valence-corrected chi connectivity index (χ2v) is 9.10. The van der Waals surface area contributed by atoms with Crippen LogP contribution in [-0.2, 0) is 11.2 Å². The molecule has 0 saturated heterocycles. The standard InChI is InChI=1S/C30H31FN2O3/c1-21-10-6-8-14-26(23-16-18-24(31)19-17-23)32-29(34)27(20-22-11-4-3-5-12-22)33(2)30(35)25-13-7-9-15-28(25)36-21/h3-9,11-13,15-19,21,26-27H,10,14,20H2,1-2H3,(H,32,34)/b8-6+/t21-,26+,27+/m1/s1. The van der Waals surface area contributed by atoms with Crippen LogP contribution in [0.4, 0.5) is 4.39 Å². The van der Waals surface area contributed by atoms with Crippen molar-refractivity contribution in [1.29, 1.82) is 0 Å². The van der Waals surface area contributed by atoms with E-state index in [0.29, 0.717) is 30.6 Å². The van der Waals surface area contributed by atoms with Crippen molar-refractivity contribution >= 4 is 11.8 Å². The molecule has 0 saturated carbocycles. The molecule has 6 heteroatoms. The molecule has 0 fully saturated rings. The van der Waals surface area contributed by atoms with E-state index < -0.39 is 6.04 Å². The summed E-state index contributed by atoms with van der Waals surface area (Å²) in [5.74, 6) is -0.408. The Kier molecular flexibility index (Phi) is 8.16. The molecule has 2 amide bonds. The summed E-state index contributed by atoms with van der Waals surface area (Å²) in [7, 11) is 1.65. The molecular weight excluding hydrogens is 455 g/mol. The monoisotopic (exact) mass is 486 g/mol. The van der Waals surface area contributed by atoms with Crippen molar-refractivity contribution in [2.45, 2.75) is 44.4 Å². The van der Waals surface area contributed by atoms with Crippen molar-refractivity contribution < 1.29 is 18.7 Å². The minimum absolute atomic E-state index is 0.151. The van der Waals surface area contributed by atoms with Gasteiger partial charge in [0, 0.05) is 19.9 Å². The van der Waals surface area contributed by atoms with Crippen molar-refractivity contribution in [1.82, 2.24) is 10.2 Å². The van der Waals surface area contributed by atoms with Crippen LogP contribution >= 0.6 is 0 Å². The zero-order valence-electron chi connectivity index (χ0n) is 20.6. The molecule has 36 heavy (non-hydrogen) atoms. The van der Waals surface area contributed by atoms with E-state index in [1.54, 1.807) is 37.4 Å². The molecule has 1 aliphatic rings. The lowest BCUT2D eigenvalue weighted by Gasteiger charge is -2.30. The number of hydrogen-bond acceptors (Lipinski definition) is 3. The number of carbonyl (C=O) groups excluding carboxylic acids is 2. The van der Waals surface area contributed by atoms with Gasteiger partial charge in [0.25, 0.3) is 5.91 Å². The average molecular weight is 487 g/mol. The minimum atomic E-state index is -0.764. The van der Waals surface area contributed by atoms with Crippen LogP contribution in [0.1, 0.15) is 47.3 Å². The largest absolute Gasteiger partial charge is 0.490 e. The SMILES string of the molecule is C[C@@H]1C/C=C/C[C@@H](c2ccc(F)cc2)NC(=O)[C@H](Cc2ccccc2)N(C)C(=O)c2ccccc2O1. The van der Waals surface area contributed by atoms with Crippen molar-refractivity contribution in [3.8, 4) is 5.75 Å². The summed E-state index contributed by atoms with van der Waals surface area (Å²) in [4.78, 5) is 28.9. The number of nitrogens with zero attached hydrogens (tertiary/aromatic N) is 1. The third kappa shape index (κ3) is 6.19. The molecule has 0 bridgehead atoms. The summed E-state index contributed by atoms with van der Waals surface area (Å²) in [5.41, 5.74) is 2.15. The molecule has 1 heterocycles. The normalized spacial score (nSPS) is 22.1. The molecule has 186 valence electrons. The summed E-state index contributed by atoms with van der Waals surface area (Å²) in [5, 5.41) is 3.13. The molecule has 0 unspecified atom stereocenters. The minimum Gasteiger partial charge on any atom is -0.490 e. The van der Waals surface area contributed by atoms with Gasteiger partial charge in [0.1, 0.15) is 17.6 Å². The van der Waals surface area contributed by atoms with Crippen LogP contribution in [0.5, 0.6) is 5.75 Å². The highest BCUT2D eigenvalue weighted by molar-refractivity contribution is 5.99. The van der Waals surface area contributed by atoms with Gasteiger partial charge in [-0.25, -0.2) is 4.39 Å². The summed E-state index contributed by atoms with van der Waals surface area (Å²) in [6, 6.07) is 21.8. The van der Waals surface area contributed by atoms with Gasteiger partial charge in [-0.3, -0.25) is 9.59 Å². The fraction of sp³-hybridized carbons (Fsp3) is 0.267. The Morgan fingerprint density at radius 2 is 1.58 bits per heavy atom. The van der Waals surface area contributed by atoms with Gasteiger partial charge >= 0.3 is 0 Å². The van der Waals surface area contributed by atoms with Crippen molar-refractivity contribution in [2.75, 3.05) is 7.05 Å². The lowest BCUT2D eigenvalue weighted by Crippen LogP contribution is -2.49. The second-order valence-electron chi connectivity index (χ2n) is 9.10. The molecule has 1 N–H and O–H groups in total. The summed E-state index contributed by atoms with van der Waals surface area (Å²) in [6.07, 6.45) is 5.38. The van der Waals surface area contributed by atoms with Crippen LogP contribution in [0.3, 0.4) is 0 Å². The number of carbonyl (C=O) groups is 2. The van der Waals surface area contributed by atoms with Crippen LogP contribution in [0.2, 0.25) is 0 Å². The lowest BCUT2D eigenvalue weighted by atomic mass is 9.99. The molecule has 3 aromatic carbocycles. The molecule has 0 aromatic heterocycles. The van der Waals surface area contributed by atoms with E-state index >= 15 is 0 Å². The topological polar surface area (TPSA) is 58.6 Å². The second kappa shape index (κ2) is 11.7. The molecule has 1 aliphatic heterocycles. The van der Waals surface area contributed by atoms with E-state index in [-0.39, 0.29) is 29.8 Å². The smallest absolute Gasteiger partial charge is 0.258 e. The number of hydrogen-bond donors (Lipinski definition) is 1. The van der Waals surface area contributed by atoms with Crippen LogP contribution in [0.25, 0.3) is 0 Å². The van der Waals surface area contributed by atoms with E-state index in [4.69, 9.17) is 4.74 Å². The number of amides is 2. The molecule has 0 aliphatic carbocycles. The fourth-order valence-corrected chi connectivity index (χ4v) is 4.35. The zero-order chi connectivity index (χ0) is 25.5. The molecule has 0 spiro atoms. The highest BCUT2D eigenvalue weighted by Crippen LogP contribution is 2.25. The maximum absolute atomic E-state index is 13.7. The van der Waals surface area contributed by atoms with E-state index in [9.17, 15) is 14.0 Å². The number of fused-ring (bicyclic) bond motifs is 1. The number of ether oxygens (including phenoxy) is 1. The van der Waals surface area contributed by atoms with E-state index in [2.05, 4.69) is 5.32 Å². The zero-order valence-corrected chi connectivity index (χ0v) is 20.6. The molecule has 3 aromatic rings. The number of rotatable bonds is 3. The van der Waals surface area contributed by atoms with Gasteiger partial charge in [-0.15, -0.1) is 0 Å². The maximum atomic E-state index is 13.7. The first-order chi connectivity index (χ1) is 17.4. The van der Waals surface area contributed by atoms with Gasteiger partial charge < -0.3 is 15.0 Å². The van der Waals surface area contributed by atoms with Gasteiger partial charge in [0.05, 0.1) is 17.7 Å². The summed E-state index contributed by atoms with van der Waals surface area (Å²) < 4.78 is 19.7. The first-order valence-corrected chi connectivity index (χ1v) is 12.2. The lowest BCUT2D eigenvalue weighted by molar-refractivity contribution is -0.126. The van der Waals surface area contributed by atoms with Gasteiger partial charge in [-0.2, -0.15) is 0 Å². The summed E-state index contributed by atoms with van der Waals surface area (Å²) in [6.45, 7) is 1.96. The van der Waals surface area contributed by atoms with Crippen molar-refractivity contribution in [3.63, 3.8) is 0 Å². The van der Waals surface area contributed by atoms with E-state index in [1.165, 1.54) is 17.0 Å². The third-order valence-corrected chi connectivity index (χ3v) is 6.40. The van der Waals surface area contributed by atoms with Gasteiger partial charge in [-0.1, -0.05) is 66.7 Å². The number of nitrogens with one attached hydrogen (secondary N) is 1. The Bertz CT molecular complexity index is 1210. The Balaban J connectivity index is 1.73. The molecule has 3 atom stereocenters. The highest BCUT2D eigenvalue weighted by Gasteiger charge is 2.31. The first-order valence-electron chi connectivity index (χ1n) is 12.2. The molecular formula is C30H31FN2O3. The summed E-state index contributed by atoms with van der Waals surface area (Å²) >= 11 is 0. The van der Waals surface area contributed by atoms with Crippen molar-refractivity contribution in [3.05, 3.63) is 114 Å².